The average molecular weight is 230 g/mol. The lowest BCUT2D eigenvalue weighted by Gasteiger charge is -2.20. The summed E-state index contributed by atoms with van der Waals surface area (Å²) in [5.74, 6) is -0.796. The van der Waals surface area contributed by atoms with Gasteiger partial charge in [0.05, 0.1) is 13.1 Å². The summed E-state index contributed by atoms with van der Waals surface area (Å²) in [4.78, 5) is 32.5. The van der Waals surface area contributed by atoms with Gasteiger partial charge in [-0.1, -0.05) is 0 Å². The first-order chi connectivity index (χ1) is 7.20. The van der Waals surface area contributed by atoms with Crippen LogP contribution in [-0.2, 0) is 9.59 Å². The second kappa shape index (κ2) is 6.06. The molecule has 0 aliphatic rings. The van der Waals surface area contributed by atoms with Crippen LogP contribution in [0.2, 0.25) is 0 Å². The van der Waals surface area contributed by atoms with E-state index < -0.39 is 11.9 Å². The van der Waals surface area contributed by atoms with Gasteiger partial charge in [0.1, 0.15) is 0 Å². The summed E-state index contributed by atoms with van der Waals surface area (Å²) in [6, 6.07) is -0.911. The number of imide groups is 1. The minimum absolute atomic E-state index is 0.00342. The fourth-order valence-corrected chi connectivity index (χ4v) is 0.934. The highest BCUT2D eigenvalue weighted by Crippen LogP contribution is 1.96. The number of carbonyl (C=O) groups excluding carboxylic acids is 3. The molecule has 0 aromatic rings. The van der Waals surface area contributed by atoms with E-state index in [4.69, 9.17) is 5.73 Å². The molecule has 0 spiro atoms. The Morgan fingerprint density at radius 1 is 1.06 bits per heavy atom. The molecule has 0 aromatic carbocycles. The monoisotopic (exact) mass is 230 g/mol. The molecule has 92 valence electrons. The molecular weight excluding hydrogens is 212 g/mol. The van der Waals surface area contributed by atoms with Crippen molar-refractivity contribution in [3.8, 4) is 0 Å². The number of carbonyl (C=O) groups is 3. The van der Waals surface area contributed by atoms with Crippen LogP contribution < -0.4 is 21.7 Å². The van der Waals surface area contributed by atoms with Crippen LogP contribution in [0.1, 0.15) is 20.8 Å². The molecule has 0 saturated carbocycles. The van der Waals surface area contributed by atoms with E-state index in [-0.39, 0.29) is 24.5 Å². The third-order valence-electron chi connectivity index (χ3n) is 1.35. The number of rotatable bonds is 4. The van der Waals surface area contributed by atoms with Crippen molar-refractivity contribution in [1.29, 1.82) is 0 Å². The maximum Gasteiger partial charge on any atom is 0.318 e. The largest absolute Gasteiger partial charge is 0.351 e. The highest BCUT2D eigenvalue weighted by atomic mass is 16.2. The van der Waals surface area contributed by atoms with Gasteiger partial charge < -0.3 is 11.1 Å². The lowest BCUT2D eigenvalue weighted by atomic mass is 10.1. The molecule has 0 rings (SSSR count). The van der Waals surface area contributed by atoms with Crippen molar-refractivity contribution in [2.75, 3.05) is 13.1 Å². The zero-order valence-electron chi connectivity index (χ0n) is 9.72. The first kappa shape index (κ1) is 14.4. The van der Waals surface area contributed by atoms with E-state index in [9.17, 15) is 14.4 Å². The van der Waals surface area contributed by atoms with Crippen molar-refractivity contribution in [3.63, 3.8) is 0 Å². The minimum Gasteiger partial charge on any atom is -0.351 e. The quantitative estimate of drug-likeness (QED) is 0.480. The zero-order chi connectivity index (χ0) is 12.8. The number of amides is 4. The molecule has 16 heavy (non-hydrogen) atoms. The molecule has 0 aliphatic heterocycles. The Hall–Kier alpha value is -1.63. The van der Waals surface area contributed by atoms with Crippen molar-refractivity contribution in [1.82, 2.24) is 16.0 Å². The Morgan fingerprint density at radius 3 is 2.00 bits per heavy atom. The number of hydrogen-bond donors (Lipinski definition) is 4. The van der Waals surface area contributed by atoms with E-state index in [0.717, 1.165) is 0 Å². The van der Waals surface area contributed by atoms with Crippen molar-refractivity contribution >= 4 is 17.8 Å². The first-order valence-corrected chi connectivity index (χ1v) is 4.82. The van der Waals surface area contributed by atoms with Crippen molar-refractivity contribution in [2.45, 2.75) is 26.3 Å². The van der Waals surface area contributed by atoms with Gasteiger partial charge in [0.15, 0.2) is 0 Å². The van der Waals surface area contributed by atoms with E-state index in [0.29, 0.717) is 0 Å². The van der Waals surface area contributed by atoms with Crippen LogP contribution in [0.5, 0.6) is 0 Å². The fraction of sp³-hybridized carbons (Fsp3) is 0.667. The standard InChI is InChI=1S/C9H18N4O3/c1-9(2,3)13-7(15)5-11-4-6(14)12-8(10)16/h11H,4-5H2,1-3H3,(H,13,15)(H3,10,12,14,16). The Kier molecular flexibility index (Phi) is 5.44. The number of hydrogen-bond acceptors (Lipinski definition) is 4. The number of urea groups is 1. The van der Waals surface area contributed by atoms with Crippen LogP contribution in [-0.4, -0.2) is 36.5 Å². The number of primary amides is 1. The molecule has 7 nitrogen and oxygen atoms in total. The summed E-state index contributed by atoms with van der Waals surface area (Å²) >= 11 is 0. The molecule has 0 fully saturated rings. The predicted molar refractivity (Wildman–Crippen MR) is 58.5 cm³/mol. The molecule has 0 saturated heterocycles. The molecule has 7 heteroatoms. The normalized spacial score (nSPS) is 10.7. The molecule has 4 amide bonds. The molecule has 5 N–H and O–H groups in total. The molecule has 0 bridgehead atoms. The van der Waals surface area contributed by atoms with E-state index >= 15 is 0 Å². The van der Waals surface area contributed by atoms with Crippen LogP contribution in [0.4, 0.5) is 4.79 Å². The third-order valence-corrected chi connectivity index (χ3v) is 1.35. The average Bonchev–Trinajstić information content (AvgIpc) is 1.98. The Morgan fingerprint density at radius 2 is 1.56 bits per heavy atom. The summed E-state index contributed by atoms with van der Waals surface area (Å²) in [6.45, 7) is 5.42. The molecule has 0 unspecified atom stereocenters. The van der Waals surface area contributed by atoms with Gasteiger partial charge in [0.2, 0.25) is 11.8 Å². The van der Waals surface area contributed by atoms with Gasteiger partial charge in [0.25, 0.3) is 0 Å². The van der Waals surface area contributed by atoms with Gasteiger partial charge in [-0.05, 0) is 20.8 Å². The van der Waals surface area contributed by atoms with Gasteiger partial charge in [-0.25, -0.2) is 4.79 Å². The van der Waals surface area contributed by atoms with Crippen LogP contribution in [0.25, 0.3) is 0 Å². The van der Waals surface area contributed by atoms with Crippen LogP contribution in [0, 0.1) is 0 Å². The Bertz CT molecular complexity index is 283. The van der Waals surface area contributed by atoms with Gasteiger partial charge in [-0.3, -0.25) is 20.2 Å². The SMILES string of the molecule is CC(C)(C)NC(=O)CNCC(=O)NC(N)=O. The van der Waals surface area contributed by atoms with E-state index in [2.05, 4.69) is 10.6 Å². The highest BCUT2D eigenvalue weighted by Gasteiger charge is 2.13. The number of nitrogens with one attached hydrogen (secondary N) is 3. The van der Waals surface area contributed by atoms with Gasteiger partial charge in [-0.15, -0.1) is 0 Å². The third kappa shape index (κ3) is 8.95. The van der Waals surface area contributed by atoms with Crippen LogP contribution in [0.3, 0.4) is 0 Å². The summed E-state index contributed by atoms with van der Waals surface area (Å²) in [5.41, 5.74) is 4.42. The summed E-state index contributed by atoms with van der Waals surface area (Å²) < 4.78 is 0. The maximum absolute atomic E-state index is 11.3. The lowest BCUT2D eigenvalue weighted by Crippen LogP contribution is -2.47. The lowest BCUT2D eigenvalue weighted by molar-refractivity contribution is -0.122. The van der Waals surface area contributed by atoms with E-state index in [1.165, 1.54) is 0 Å². The molecular formula is C9H18N4O3. The molecule has 0 radical (unpaired) electrons. The zero-order valence-corrected chi connectivity index (χ0v) is 9.72. The predicted octanol–water partition coefficient (Wildman–Crippen LogP) is -1.31. The van der Waals surface area contributed by atoms with Crippen molar-refractivity contribution in [3.05, 3.63) is 0 Å². The topological polar surface area (TPSA) is 113 Å². The second-order valence-electron chi connectivity index (χ2n) is 4.31. The summed E-state index contributed by atoms with van der Waals surface area (Å²) in [6.07, 6.45) is 0. The Balaban J connectivity index is 3.70. The minimum atomic E-state index is -0.911. The molecule has 0 heterocycles. The molecule has 0 aliphatic carbocycles. The van der Waals surface area contributed by atoms with Gasteiger partial charge in [-0.2, -0.15) is 0 Å². The van der Waals surface area contributed by atoms with Crippen molar-refractivity contribution < 1.29 is 14.4 Å². The second-order valence-corrected chi connectivity index (χ2v) is 4.31. The highest BCUT2D eigenvalue weighted by molar-refractivity contribution is 5.94. The van der Waals surface area contributed by atoms with Crippen molar-refractivity contribution in [2.24, 2.45) is 5.73 Å². The summed E-state index contributed by atoms with van der Waals surface area (Å²) in [5, 5.41) is 7.16. The van der Waals surface area contributed by atoms with E-state index in [1.54, 1.807) is 0 Å². The van der Waals surface area contributed by atoms with E-state index in [1.807, 2.05) is 26.1 Å². The van der Waals surface area contributed by atoms with Crippen LogP contribution >= 0.6 is 0 Å². The fourth-order valence-electron chi connectivity index (χ4n) is 0.934. The number of nitrogens with two attached hydrogens (primary N) is 1. The van der Waals surface area contributed by atoms with Gasteiger partial charge in [0, 0.05) is 5.54 Å². The Labute approximate surface area is 94.1 Å². The smallest absolute Gasteiger partial charge is 0.318 e. The summed E-state index contributed by atoms with van der Waals surface area (Å²) in [7, 11) is 0. The first-order valence-electron chi connectivity index (χ1n) is 4.82. The maximum atomic E-state index is 11.3. The van der Waals surface area contributed by atoms with Gasteiger partial charge >= 0.3 is 6.03 Å². The van der Waals surface area contributed by atoms with Crippen LogP contribution in [0.15, 0.2) is 0 Å². The molecule has 0 atom stereocenters. The molecule has 0 aromatic heterocycles.